The van der Waals surface area contributed by atoms with Crippen molar-refractivity contribution in [2.45, 2.75) is 38.1 Å². The maximum atomic E-state index is 13.1. The van der Waals surface area contributed by atoms with Crippen LogP contribution < -0.4 is 4.72 Å². The number of ether oxygens (including phenoxy) is 2. The number of carbonyl (C=O) groups excluding carboxylic acids is 1. The lowest BCUT2D eigenvalue weighted by molar-refractivity contribution is 0.0817. The zero-order valence-electron chi connectivity index (χ0n) is 17.1. The van der Waals surface area contributed by atoms with Gasteiger partial charge in [0.2, 0.25) is 10.0 Å². The molecule has 6 nitrogen and oxygen atoms in total. The third kappa shape index (κ3) is 6.73. The Morgan fingerprint density at radius 3 is 2.31 bits per heavy atom. The fraction of sp³-hybridized carbons (Fsp3) is 0.318. The summed E-state index contributed by atoms with van der Waals surface area (Å²) in [6.45, 7) is 5.51. The Morgan fingerprint density at radius 2 is 1.72 bits per heavy atom. The predicted octanol–water partition coefficient (Wildman–Crippen LogP) is 3.84. The van der Waals surface area contributed by atoms with Gasteiger partial charge < -0.3 is 9.47 Å². The molecule has 1 atom stereocenters. The van der Waals surface area contributed by atoms with Crippen LogP contribution in [0.4, 0.5) is 4.79 Å². The van der Waals surface area contributed by atoms with Crippen LogP contribution in [0.25, 0.3) is 0 Å². The van der Waals surface area contributed by atoms with Crippen molar-refractivity contribution in [1.82, 2.24) is 4.72 Å². The van der Waals surface area contributed by atoms with E-state index in [1.165, 1.54) is 7.11 Å². The molecule has 0 aliphatic rings. The van der Waals surface area contributed by atoms with E-state index >= 15 is 0 Å². The topological polar surface area (TPSA) is 81.7 Å². The van der Waals surface area contributed by atoms with E-state index in [9.17, 15) is 13.2 Å². The number of aryl methyl sites for hydroxylation is 3. The van der Waals surface area contributed by atoms with Crippen molar-refractivity contribution < 1.29 is 22.7 Å². The van der Waals surface area contributed by atoms with Crippen LogP contribution in [0.15, 0.2) is 59.5 Å². The van der Waals surface area contributed by atoms with Crippen molar-refractivity contribution in [1.29, 1.82) is 0 Å². The summed E-state index contributed by atoms with van der Waals surface area (Å²) < 4.78 is 38.3. The first-order valence-corrected chi connectivity index (χ1v) is 10.7. The highest BCUT2D eigenvalue weighted by atomic mass is 32.2. The molecule has 0 saturated heterocycles. The lowest BCUT2D eigenvalue weighted by Crippen LogP contribution is -2.36. The van der Waals surface area contributed by atoms with Gasteiger partial charge in [-0.15, -0.1) is 0 Å². The molecule has 1 N–H and O–H groups in total. The number of hydrogen-bond acceptors (Lipinski definition) is 5. The third-order valence-electron chi connectivity index (χ3n) is 4.31. The normalized spacial score (nSPS) is 12.7. The molecular formula is C22H27NO5S. The highest BCUT2D eigenvalue weighted by Gasteiger charge is 2.23. The van der Waals surface area contributed by atoms with E-state index in [0.29, 0.717) is 22.4 Å². The molecule has 0 unspecified atom stereocenters. The second-order valence-electron chi connectivity index (χ2n) is 6.84. The first-order chi connectivity index (χ1) is 13.7. The molecule has 2 aromatic rings. The monoisotopic (exact) mass is 417 g/mol. The lowest BCUT2D eigenvalue weighted by atomic mass is 10.1. The molecular weight excluding hydrogens is 390 g/mol. The summed E-state index contributed by atoms with van der Waals surface area (Å²) in [7, 11) is -2.52. The van der Waals surface area contributed by atoms with Gasteiger partial charge in [-0.05, 0) is 50.0 Å². The summed E-state index contributed by atoms with van der Waals surface area (Å²) in [6, 6.07) is 12.8. The highest BCUT2D eigenvalue weighted by molar-refractivity contribution is 7.89. The van der Waals surface area contributed by atoms with E-state index in [1.54, 1.807) is 26.0 Å². The van der Waals surface area contributed by atoms with Crippen LogP contribution >= 0.6 is 0 Å². The van der Waals surface area contributed by atoms with Gasteiger partial charge in [0.1, 0.15) is 6.61 Å². The fourth-order valence-electron chi connectivity index (χ4n) is 3.26. The second kappa shape index (κ2) is 10.2. The summed E-state index contributed by atoms with van der Waals surface area (Å²) in [5, 5.41) is 0. The molecule has 156 valence electrons. The van der Waals surface area contributed by atoms with Crippen LogP contribution in [-0.2, 0) is 25.9 Å². The Labute approximate surface area is 172 Å². The minimum absolute atomic E-state index is 0.0116. The zero-order chi connectivity index (χ0) is 21.4. The second-order valence-corrected chi connectivity index (χ2v) is 8.49. The fourth-order valence-corrected chi connectivity index (χ4v) is 4.90. The molecule has 29 heavy (non-hydrogen) atoms. The maximum absolute atomic E-state index is 13.1. The van der Waals surface area contributed by atoms with Crippen molar-refractivity contribution in [2.75, 3.05) is 13.7 Å². The molecule has 0 bridgehead atoms. The van der Waals surface area contributed by atoms with Crippen molar-refractivity contribution in [3.05, 3.63) is 76.9 Å². The summed E-state index contributed by atoms with van der Waals surface area (Å²) >= 11 is 0. The smallest absolute Gasteiger partial charge is 0.438 e. The van der Waals surface area contributed by atoms with Gasteiger partial charge in [0.25, 0.3) is 0 Å². The van der Waals surface area contributed by atoms with Gasteiger partial charge >= 0.3 is 6.16 Å². The lowest BCUT2D eigenvalue weighted by Gasteiger charge is -2.18. The maximum Gasteiger partial charge on any atom is 0.508 e. The number of benzene rings is 2. The third-order valence-corrected chi connectivity index (χ3v) is 6.11. The molecule has 0 aliphatic carbocycles. The Bertz CT molecular complexity index is 945. The molecule has 7 heteroatoms. The molecule has 0 fully saturated rings. The summed E-state index contributed by atoms with van der Waals surface area (Å²) in [5.41, 5.74) is 3.40. The van der Waals surface area contributed by atoms with E-state index in [2.05, 4.69) is 9.46 Å². The van der Waals surface area contributed by atoms with E-state index in [1.807, 2.05) is 49.4 Å². The first kappa shape index (κ1) is 22.6. The Balaban J connectivity index is 2.26. The van der Waals surface area contributed by atoms with Gasteiger partial charge in [0, 0.05) is 6.04 Å². The van der Waals surface area contributed by atoms with Crippen LogP contribution in [-0.4, -0.2) is 34.3 Å². The van der Waals surface area contributed by atoms with Gasteiger partial charge in [-0.25, -0.2) is 17.9 Å². The van der Waals surface area contributed by atoms with Crippen molar-refractivity contribution in [3.63, 3.8) is 0 Å². The average Bonchev–Trinajstić information content (AvgIpc) is 2.64. The van der Waals surface area contributed by atoms with Gasteiger partial charge in [0.15, 0.2) is 0 Å². The molecule has 2 rings (SSSR count). The van der Waals surface area contributed by atoms with E-state index in [0.717, 1.165) is 11.1 Å². The first-order valence-electron chi connectivity index (χ1n) is 9.24. The van der Waals surface area contributed by atoms with Gasteiger partial charge in [-0.2, -0.15) is 0 Å². The standard InChI is InChI=1S/C22H27NO5S/c1-16-13-17(2)21(18(3)14-16)29(25,26)23-20(11-8-12-28-22(24)27-4)15-19-9-6-5-7-10-19/h5-11,13-14,20,23H,12,15H2,1-4H3/b11-8+/t20-/m1/s1. The number of hydrogen-bond donors (Lipinski definition) is 1. The molecule has 0 amide bonds. The average molecular weight is 418 g/mol. The van der Waals surface area contributed by atoms with E-state index in [-0.39, 0.29) is 6.61 Å². The van der Waals surface area contributed by atoms with Gasteiger partial charge in [-0.1, -0.05) is 54.1 Å². The van der Waals surface area contributed by atoms with Crippen molar-refractivity contribution in [3.8, 4) is 0 Å². The predicted molar refractivity (Wildman–Crippen MR) is 112 cm³/mol. The molecule has 0 spiro atoms. The molecule has 0 aromatic heterocycles. The summed E-state index contributed by atoms with van der Waals surface area (Å²) in [6.07, 6.45) is 2.95. The Morgan fingerprint density at radius 1 is 1.10 bits per heavy atom. The molecule has 0 aliphatic heterocycles. The highest BCUT2D eigenvalue weighted by Crippen LogP contribution is 2.22. The SMILES string of the molecule is COC(=O)OC/C=C/[C@H](Cc1ccccc1)NS(=O)(=O)c1c(C)cc(C)cc1C. The van der Waals surface area contributed by atoms with Crippen LogP contribution in [0.5, 0.6) is 0 Å². The summed E-state index contributed by atoms with van der Waals surface area (Å²) in [4.78, 5) is 11.4. The van der Waals surface area contributed by atoms with Crippen molar-refractivity contribution in [2.24, 2.45) is 0 Å². The van der Waals surface area contributed by atoms with Gasteiger partial charge in [0.05, 0.1) is 12.0 Å². The molecule has 0 radical (unpaired) electrons. The summed E-state index contributed by atoms with van der Waals surface area (Å²) in [5.74, 6) is 0. The van der Waals surface area contributed by atoms with Gasteiger partial charge in [-0.3, -0.25) is 0 Å². The Hall–Kier alpha value is -2.64. The molecule has 0 saturated carbocycles. The minimum Gasteiger partial charge on any atom is -0.438 e. The minimum atomic E-state index is -3.75. The Kier molecular flexibility index (Phi) is 7.99. The number of rotatable bonds is 8. The van der Waals surface area contributed by atoms with E-state index in [4.69, 9.17) is 4.74 Å². The number of nitrogens with one attached hydrogen (secondary N) is 1. The van der Waals surface area contributed by atoms with E-state index < -0.39 is 22.2 Å². The zero-order valence-corrected chi connectivity index (χ0v) is 18.0. The van der Waals surface area contributed by atoms with Crippen LogP contribution in [0, 0.1) is 20.8 Å². The largest absolute Gasteiger partial charge is 0.508 e. The number of methoxy groups -OCH3 is 1. The quantitative estimate of drug-likeness (QED) is 0.521. The van der Waals surface area contributed by atoms with Crippen LogP contribution in [0.1, 0.15) is 22.3 Å². The van der Waals surface area contributed by atoms with Crippen molar-refractivity contribution >= 4 is 16.2 Å². The van der Waals surface area contributed by atoms with Crippen LogP contribution in [0.2, 0.25) is 0 Å². The molecule has 0 heterocycles. The number of sulfonamides is 1. The number of carbonyl (C=O) groups is 1. The molecule has 2 aromatic carbocycles. The van der Waals surface area contributed by atoms with Crippen LogP contribution in [0.3, 0.4) is 0 Å².